The van der Waals surface area contributed by atoms with E-state index in [0.717, 1.165) is 37.8 Å². The van der Waals surface area contributed by atoms with Crippen molar-refractivity contribution in [2.45, 2.75) is 88.9 Å². The van der Waals surface area contributed by atoms with Crippen LogP contribution in [0.3, 0.4) is 0 Å². The minimum atomic E-state index is -0.828. The summed E-state index contributed by atoms with van der Waals surface area (Å²) in [5.41, 5.74) is 1.68. The van der Waals surface area contributed by atoms with Crippen molar-refractivity contribution in [2.24, 2.45) is 11.8 Å². The molecule has 20 heteroatoms. The predicted octanol–water partition coefficient (Wildman–Crippen LogP) is 6.98. The molecule has 4 N–H and O–H groups in total. The third kappa shape index (κ3) is 11.7. The van der Waals surface area contributed by atoms with Gasteiger partial charge in [0.2, 0.25) is 11.6 Å². The van der Waals surface area contributed by atoms with Crippen LogP contribution in [0.5, 0.6) is 11.5 Å². The summed E-state index contributed by atoms with van der Waals surface area (Å²) in [7, 11) is 0. The highest BCUT2D eigenvalue weighted by molar-refractivity contribution is 6.00. The Balaban J connectivity index is 0.000000178. The molecule has 4 aliphatic rings. The minimum absolute atomic E-state index is 0.125. The van der Waals surface area contributed by atoms with Crippen molar-refractivity contribution in [3.8, 4) is 34.3 Å². The molecule has 0 bridgehead atoms. The second-order valence-electron chi connectivity index (χ2n) is 18.0. The number of nitrogens with zero attached hydrogens (tertiary/aromatic N) is 4. The molecule has 0 radical (unpaired) electrons. The van der Waals surface area contributed by atoms with Crippen molar-refractivity contribution < 1.29 is 66.2 Å². The average molecular weight is 991 g/mol. The Kier molecular flexibility index (Phi) is 15.2. The highest BCUT2D eigenvalue weighted by atomic mass is 19.1. The summed E-state index contributed by atoms with van der Waals surface area (Å²) >= 11 is 0. The SMILES string of the molecule is CC[C@@H](Oc1ccc(C(=O)C2CC2)cc1)c1nc(-c2ccc(C(=O)N[C@@H]3COC[C@H]3O)c(F)c2)no1.CC[C@@H](Oc1ccc(C(=O)C2CC2)cc1)c1nc(-c2ccc(C(=O)N[C@H]3COC[C@@H]3O)c(F)c2)no1. The molecule has 2 saturated carbocycles. The Morgan fingerprint density at radius 1 is 0.597 bits per heavy atom. The summed E-state index contributed by atoms with van der Waals surface area (Å²) in [4.78, 5) is 57.9. The van der Waals surface area contributed by atoms with Crippen molar-refractivity contribution in [3.63, 3.8) is 0 Å². The smallest absolute Gasteiger partial charge is 0.268 e. The van der Waals surface area contributed by atoms with E-state index in [4.69, 9.17) is 28.0 Å². The van der Waals surface area contributed by atoms with Gasteiger partial charge in [-0.3, -0.25) is 19.2 Å². The van der Waals surface area contributed by atoms with Gasteiger partial charge in [0.15, 0.2) is 23.8 Å². The molecule has 72 heavy (non-hydrogen) atoms. The summed E-state index contributed by atoms with van der Waals surface area (Å²) < 4.78 is 62.4. The van der Waals surface area contributed by atoms with Crippen LogP contribution >= 0.6 is 0 Å². The van der Waals surface area contributed by atoms with Gasteiger partial charge in [0.25, 0.3) is 23.6 Å². The molecule has 0 spiro atoms. The zero-order valence-electron chi connectivity index (χ0n) is 39.3. The number of ketones is 2. The number of amides is 2. The molecule has 2 aliphatic carbocycles. The Hall–Kier alpha value is -7.26. The summed E-state index contributed by atoms with van der Waals surface area (Å²) in [6.45, 7) is 4.39. The average Bonchev–Trinajstić information content (AvgIpc) is 4.22. The number of carbonyl (C=O) groups is 4. The Morgan fingerprint density at radius 2 is 0.986 bits per heavy atom. The molecule has 10 rings (SSSR count). The molecule has 2 aromatic heterocycles. The summed E-state index contributed by atoms with van der Waals surface area (Å²) in [5.74, 6) is -0.286. The van der Waals surface area contributed by atoms with E-state index < -0.39 is 59.9 Å². The quantitative estimate of drug-likeness (QED) is 0.0635. The number of hydrogen-bond donors (Lipinski definition) is 4. The third-order valence-corrected chi connectivity index (χ3v) is 12.6. The van der Waals surface area contributed by atoms with Gasteiger partial charge in [-0.25, -0.2) is 8.78 Å². The number of hydrogen-bond acceptors (Lipinski definition) is 16. The lowest BCUT2D eigenvalue weighted by Crippen LogP contribution is -2.42. The third-order valence-electron chi connectivity index (χ3n) is 12.6. The maximum absolute atomic E-state index is 14.7. The molecule has 6 aromatic rings. The number of halogens is 2. The first-order valence-electron chi connectivity index (χ1n) is 23.9. The monoisotopic (exact) mass is 990 g/mol. The number of Topliss-reactive ketones (excluding diaryl/α,β-unsaturated/α-hetero) is 2. The highest BCUT2D eigenvalue weighted by Crippen LogP contribution is 2.35. The van der Waals surface area contributed by atoms with E-state index in [2.05, 4.69) is 30.9 Å². The molecule has 376 valence electrons. The van der Waals surface area contributed by atoms with Gasteiger partial charge in [0.05, 0.1) is 61.8 Å². The topological polar surface area (TPSA) is 248 Å². The zero-order chi connectivity index (χ0) is 50.5. The highest BCUT2D eigenvalue weighted by Gasteiger charge is 2.33. The number of aromatic nitrogens is 4. The number of benzene rings is 4. The Morgan fingerprint density at radius 3 is 1.31 bits per heavy atom. The lowest BCUT2D eigenvalue weighted by molar-refractivity contribution is 0.0876. The molecule has 2 aliphatic heterocycles. The normalized spacial score (nSPS) is 20.2. The van der Waals surface area contributed by atoms with Gasteiger partial charge in [-0.15, -0.1) is 0 Å². The fourth-order valence-electron chi connectivity index (χ4n) is 8.00. The van der Waals surface area contributed by atoms with Crippen molar-refractivity contribution in [1.82, 2.24) is 30.9 Å². The van der Waals surface area contributed by atoms with Crippen LogP contribution < -0.4 is 20.1 Å². The zero-order valence-corrected chi connectivity index (χ0v) is 39.3. The van der Waals surface area contributed by atoms with E-state index in [1.807, 2.05) is 13.8 Å². The summed E-state index contributed by atoms with van der Waals surface area (Å²) in [6.07, 6.45) is 2.16. The number of aliphatic hydroxyl groups excluding tert-OH is 2. The molecular weight excluding hydrogens is 939 g/mol. The summed E-state index contributed by atoms with van der Waals surface area (Å²) in [5, 5.41) is 32.6. The van der Waals surface area contributed by atoms with E-state index in [-0.39, 0.29) is 84.4 Å². The van der Waals surface area contributed by atoms with Crippen LogP contribution in [0.1, 0.15) is 118 Å². The van der Waals surface area contributed by atoms with Gasteiger partial charge in [0.1, 0.15) is 23.1 Å². The second-order valence-corrected chi connectivity index (χ2v) is 18.0. The molecule has 0 unspecified atom stereocenters. The van der Waals surface area contributed by atoms with E-state index in [1.54, 1.807) is 48.5 Å². The van der Waals surface area contributed by atoms with Crippen molar-refractivity contribution in [3.05, 3.63) is 131 Å². The fraction of sp³-hybridized carbons (Fsp3) is 0.385. The molecule has 4 fully saturated rings. The van der Waals surface area contributed by atoms with Crippen LogP contribution in [0.4, 0.5) is 8.78 Å². The van der Waals surface area contributed by atoms with Crippen molar-refractivity contribution in [1.29, 1.82) is 0 Å². The predicted molar refractivity (Wildman–Crippen MR) is 250 cm³/mol. The molecule has 4 heterocycles. The molecule has 2 saturated heterocycles. The van der Waals surface area contributed by atoms with E-state index in [1.165, 1.54) is 24.3 Å². The van der Waals surface area contributed by atoms with Crippen LogP contribution in [0.25, 0.3) is 22.8 Å². The van der Waals surface area contributed by atoms with Gasteiger partial charge >= 0.3 is 0 Å². The first kappa shape index (κ1) is 49.7. The van der Waals surface area contributed by atoms with Gasteiger partial charge < -0.3 is 48.8 Å². The molecule has 18 nitrogen and oxygen atoms in total. The molecule has 4 aromatic carbocycles. The molecular formula is C52H52F2N6O12. The first-order valence-corrected chi connectivity index (χ1v) is 23.9. The fourth-order valence-corrected chi connectivity index (χ4v) is 8.00. The van der Waals surface area contributed by atoms with Crippen LogP contribution in [0.2, 0.25) is 0 Å². The second kappa shape index (κ2) is 22.0. The molecule has 6 atom stereocenters. The molecule has 2 amide bonds. The van der Waals surface area contributed by atoms with Crippen molar-refractivity contribution in [2.75, 3.05) is 26.4 Å². The standard InChI is InChI=1S/2C26H26FN3O6/c2*1-2-22(35-17-8-5-15(6-9-17)23(32)14-3-4-14)26-29-24(30-36-26)16-7-10-18(19(27)11-16)25(33)28-20-12-34-13-21(20)31/h2*5-11,14,20-22,31H,2-4,12-13H2,1H3,(H,28,33)/t20-,21-,22+;20-,21-,22-/m01/s1. The van der Waals surface area contributed by atoms with Crippen LogP contribution in [-0.4, -0.2) is 105 Å². The van der Waals surface area contributed by atoms with Gasteiger partial charge in [-0.2, -0.15) is 9.97 Å². The van der Waals surface area contributed by atoms with Crippen LogP contribution in [0, 0.1) is 23.5 Å². The maximum Gasteiger partial charge on any atom is 0.268 e. The number of carbonyl (C=O) groups excluding carboxylic acids is 4. The number of nitrogens with one attached hydrogen (secondary N) is 2. The summed E-state index contributed by atoms with van der Waals surface area (Å²) in [6, 6.07) is 20.8. The van der Waals surface area contributed by atoms with Crippen LogP contribution in [0.15, 0.2) is 94.0 Å². The van der Waals surface area contributed by atoms with Gasteiger partial charge in [-0.1, -0.05) is 36.3 Å². The first-order chi connectivity index (χ1) is 34.8. The van der Waals surface area contributed by atoms with Gasteiger partial charge in [0, 0.05) is 34.1 Å². The lowest BCUT2D eigenvalue weighted by Gasteiger charge is -2.15. The van der Waals surface area contributed by atoms with Crippen LogP contribution in [-0.2, 0) is 9.47 Å². The van der Waals surface area contributed by atoms with Crippen molar-refractivity contribution >= 4 is 23.4 Å². The largest absolute Gasteiger partial charge is 0.481 e. The Bertz CT molecular complexity index is 2710. The number of aliphatic hydroxyl groups is 2. The minimum Gasteiger partial charge on any atom is -0.481 e. The lowest BCUT2D eigenvalue weighted by atomic mass is 10.1. The van der Waals surface area contributed by atoms with E-state index >= 15 is 0 Å². The number of ether oxygens (including phenoxy) is 4. The van der Waals surface area contributed by atoms with E-state index in [0.29, 0.717) is 46.6 Å². The van der Waals surface area contributed by atoms with Gasteiger partial charge in [-0.05, 0) is 111 Å². The maximum atomic E-state index is 14.7. The van der Waals surface area contributed by atoms with E-state index in [9.17, 15) is 38.2 Å². The Labute approximate surface area is 411 Å². The number of rotatable bonds is 18.